The summed E-state index contributed by atoms with van der Waals surface area (Å²) in [6.07, 6.45) is 1.47. The van der Waals surface area contributed by atoms with Gasteiger partial charge in [0.2, 0.25) is 5.89 Å². The van der Waals surface area contributed by atoms with Gasteiger partial charge in [-0.15, -0.1) is 10.2 Å². The topological polar surface area (TPSA) is 95.2 Å². The maximum atomic E-state index is 10.8. The van der Waals surface area contributed by atoms with Gasteiger partial charge in [0.25, 0.3) is 11.6 Å². The summed E-state index contributed by atoms with van der Waals surface area (Å²) in [7, 11) is 0. The van der Waals surface area contributed by atoms with Crippen LogP contribution in [0.4, 0.5) is 5.69 Å². The molecule has 2 heterocycles. The van der Waals surface area contributed by atoms with Crippen molar-refractivity contribution in [3.8, 4) is 23.1 Å². The Kier molecular flexibility index (Phi) is 2.96. The highest BCUT2D eigenvalue weighted by Crippen LogP contribution is 2.32. The average Bonchev–Trinajstić information content (AvgIpc) is 3.10. The fourth-order valence-electron chi connectivity index (χ4n) is 1.62. The second-order valence-corrected chi connectivity index (χ2v) is 4.22. The van der Waals surface area contributed by atoms with E-state index in [1.807, 2.05) is 0 Å². The summed E-state index contributed by atoms with van der Waals surface area (Å²) in [6.45, 7) is 0. The minimum atomic E-state index is -0.524. The molecule has 8 heteroatoms. The van der Waals surface area contributed by atoms with Crippen LogP contribution in [0.3, 0.4) is 0 Å². The summed E-state index contributed by atoms with van der Waals surface area (Å²) in [5, 5.41) is 18.7. The average molecular weight is 292 g/mol. The summed E-state index contributed by atoms with van der Waals surface area (Å²) >= 11 is 6.00. The molecule has 100 valence electrons. The quantitative estimate of drug-likeness (QED) is 0.541. The Hall–Kier alpha value is -2.67. The van der Waals surface area contributed by atoms with E-state index in [1.54, 1.807) is 12.1 Å². The van der Waals surface area contributed by atoms with Crippen LogP contribution >= 0.6 is 11.6 Å². The molecular weight excluding hydrogens is 286 g/mol. The minimum absolute atomic E-state index is 0.0881. The minimum Gasteiger partial charge on any atom is -0.459 e. The van der Waals surface area contributed by atoms with E-state index < -0.39 is 4.92 Å². The van der Waals surface area contributed by atoms with Crippen molar-refractivity contribution in [1.82, 2.24) is 10.2 Å². The van der Waals surface area contributed by atoms with Crippen molar-refractivity contribution >= 4 is 17.3 Å². The van der Waals surface area contributed by atoms with E-state index in [0.717, 1.165) is 0 Å². The van der Waals surface area contributed by atoms with Crippen molar-refractivity contribution < 1.29 is 13.8 Å². The van der Waals surface area contributed by atoms with Crippen LogP contribution in [0.15, 0.2) is 45.4 Å². The Labute approximate surface area is 116 Å². The van der Waals surface area contributed by atoms with Crippen LogP contribution in [0.2, 0.25) is 5.02 Å². The highest BCUT2D eigenvalue weighted by Gasteiger charge is 2.18. The van der Waals surface area contributed by atoms with Crippen molar-refractivity contribution in [2.24, 2.45) is 0 Å². The van der Waals surface area contributed by atoms with Gasteiger partial charge in [0.15, 0.2) is 5.76 Å². The van der Waals surface area contributed by atoms with E-state index in [4.69, 9.17) is 20.4 Å². The van der Waals surface area contributed by atoms with Gasteiger partial charge in [0.1, 0.15) is 0 Å². The zero-order chi connectivity index (χ0) is 14.1. The first kappa shape index (κ1) is 12.4. The number of hydrogen-bond acceptors (Lipinski definition) is 6. The van der Waals surface area contributed by atoms with Crippen molar-refractivity contribution in [3.63, 3.8) is 0 Å². The number of nitro benzene ring substituents is 1. The van der Waals surface area contributed by atoms with Crippen LogP contribution in [-0.2, 0) is 0 Å². The van der Waals surface area contributed by atoms with Gasteiger partial charge in [-0.2, -0.15) is 0 Å². The molecule has 0 unspecified atom stereocenters. The standard InChI is InChI=1S/C12H6ClN3O4/c13-9-4-3-7(16(17)18)6-8(9)11-14-15-12(20-11)10-2-1-5-19-10/h1-6H. The molecule has 0 N–H and O–H groups in total. The maximum absolute atomic E-state index is 10.8. The van der Waals surface area contributed by atoms with Crippen LogP contribution in [0, 0.1) is 10.1 Å². The monoisotopic (exact) mass is 291 g/mol. The fourth-order valence-corrected chi connectivity index (χ4v) is 1.82. The highest BCUT2D eigenvalue weighted by molar-refractivity contribution is 6.33. The highest BCUT2D eigenvalue weighted by atomic mass is 35.5. The van der Waals surface area contributed by atoms with Crippen molar-refractivity contribution in [1.29, 1.82) is 0 Å². The number of hydrogen-bond donors (Lipinski definition) is 0. The third-order valence-electron chi connectivity index (χ3n) is 2.55. The molecule has 0 radical (unpaired) electrons. The Morgan fingerprint density at radius 3 is 2.70 bits per heavy atom. The molecule has 20 heavy (non-hydrogen) atoms. The van der Waals surface area contributed by atoms with Gasteiger partial charge < -0.3 is 8.83 Å². The number of halogens is 1. The molecule has 0 aliphatic heterocycles. The zero-order valence-electron chi connectivity index (χ0n) is 9.82. The van der Waals surface area contributed by atoms with Crippen LogP contribution in [0.25, 0.3) is 23.1 Å². The molecule has 2 aromatic heterocycles. The normalized spacial score (nSPS) is 10.7. The predicted molar refractivity (Wildman–Crippen MR) is 69.1 cm³/mol. The number of nitrogens with zero attached hydrogens (tertiary/aromatic N) is 3. The molecule has 7 nitrogen and oxygen atoms in total. The molecule has 0 aliphatic carbocycles. The molecule has 0 fully saturated rings. The molecule has 0 saturated carbocycles. The summed E-state index contributed by atoms with van der Waals surface area (Å²) in [4.78, 5) is 10.2. The number of furan rings is 1. The molecule has 3 aromatic rings. The van der Waals surface area contributed by atoms with Crippen molar-refractivity contribution in [2.75, 3.05) is 0 Å². The summed E-state index contributed by atoms with van der Waals surface area (Å²) in [6, 6.07) is 7.33. The first-order valence-corrected chi connectivity index (χ1v) is 5.84. The second kappa shape index (κ2) is 4.78. The van der Waals surface area contributed by atoms with E-state index in [0.29, 0.717) is 11.3 Å². The Bertz CT molecular complexity index is 767. The Morgan fingerprint density at radius 2 is 2.00 bits per heavy atom. The van der Waals surface area contributed by atoms with Gasteiger partial charge in [-0.05, 0) is 18.2 Å². The molecule has 0 amide bonds. The van der Waals surface area contributed by atoms with E-state index in [2.05, 4.69) is 10.2 Å². The lowest BCUT2D eigenvalue weighted by molar-refractivity contribution is -0.384. The number of non-ortho nitro benzene ring substituents is 1. The summed E-state index contributed by atoms with van der Waals surface area (Å²) in [5.41, 5.74) is 0.188. The lowest BCUT2D eigenvalue weighted by atomic mass is 10.2. The SMILES string of the molecule is O=[N+]([O-])c1ccc(Cl)c(-c2nnc(-c3ccco3)o2)c1. The van der Waals surface area contributed by atoms with E-state index in [-0.39, 0.29) is 22.5 Å². The lowest BCUT2D eigenvalue weighted by Gasteiger charge is -1.98. The van der Waals surface area contributed by atoms with Gasteiger partial charge in [-0.1, -0.05) is 11.6 Å². The lowest BCUT2D eigenvalue weighted by Crippen LogP contribution is -1.89. The molecule has 0 saturated heterocycles. The van der Waals surface area contributed by atoms with Crippen molar-refractivity contribution in [2.45, 2.75) is 0 Å². The van der Waals surface area contributed by atoms with E-state index in [1.165, 1.54) is 24.5 Å². The van der Waals surface area contributed by atoms with Gasteiger partial charge in [-0.25, -0.2) is 0 Å². The van der Waals surface area contributed by atoms with E-state index >= 15 is 0 Å². The number of nitro groups is 1. The van der Waals surface area contributed by atoms with Gasteiger partial charge in [0.05, 0.1) is 21.8 Å². The van der Waals surface area contributed by atoms with Crippen molar-refractivity contribution in [3.05, 3.63) is 51.7 Å². The maximum Gasteiger partial charge on any atom is 0.283 e. The number of benzene rings is 1. The first-order valence-electron chi connectivity index (χ1n) is 5.47. The molecule has 0 aliphatic rings. The van der Waals surface area contributed by atoms with Crippen LogP contribution in [0.1, 0.15) is 0 Å². The number of rotatable bonds is 3. The summed E-state index contributed by atoms with van der Waals surface area (Å²) in [5.74, 6) is 0.669. The molecule has 0 bridgehead atoms. The number of aromatic nitrogens is 2. The van der Waals surface area contributed by atoms with Crippen LogP contribution < -0.4 is 0 Å². The second-order valence-electron chi connectivity index (χ2n) is 3.81. The largest absolute Gasteiger partial charge is 0.459 e. The molecule has 0 atom stereocenters. The third-order valence-corrected chi connectivity index (χ3v) is 2.88. The molecule has 0 spiro atoms. The first-order chi connectivity index (χ1) is 9.65. The molecule has 3 rings (SSSR count). The third kappa shape index (κ3) is 2.14. The van der Waals surface area contributed by atoms with Gasteiger partial charge in [0, 0.05) is 12.1 Å². The summed E-state index contributed by atoms with van der Waals surface area (Å²) < 4.78 is 10.5. The van der Waals surface area contributed by atoms with E-state index in [9.17, 15) is 10.1 Å². The zero-order valence-corrected chi connectivity index (χ0v) is 10.6. The molecule has 1 aromatic carbocycles. The molecular formula is C12H6ClN3O4. The van der Waals surface area contributed by atoms with Crippen LogP contribution in [-0.4, -0.2) is 15.1 Å². The van der Waals surface area contributed by atoms with Gasteiger partial charge in [-0.3, -0.25) is 10.1 Å². The Morgan fingerprint density at radius 1 is 1.20 bits per heavy atom. The van der Waals surface area contributed by atoms with Crippen LogP contribution in [0.5, 0.6) is 0 Å². The van der Waals surface area contributed by atoms with Gasteiger partial charge >= 0.3 is 0 Å². The Balaban J connectivity index is 2.05. The predicted octanol–water partition coefficient (Wildman–Crippen LogP) is 3.56. The smallest absolute Gasteiger partial charge is 0.283 e. The fraction of sp³-hybridized carbons (Fsp3) is 0.